The largest absolute Gasteiger partial charge is 0.342 e. The first kappa shape index (κ1) is 13.4. The van der Waals surface area contributed by atoms with Gasteiger partial charge in [-0.15, -0.1) is 0 Å². The average Bonchev–Trinajstić information content (AvgIpc) is 2.15. The smallest absolute Gasteiger partial charge is 0.341 e. The van der Waals surface area contributed by atoms with E-state index in [0.717, 1.165) is 5.56 Å². The van der Waals surface area contributed by atoms with Crippen molar-refractivity contribution >= 4 is 21.9 Å². The molecule has 0 fully saturated rings. The molecule has 1 rings (SSSR count). The molecule has 0 aliphatic rings. The molecule has 0 aliphatic carbocycles. The van der Waals surface area contributed by atoms with Crippen molar-refractivity contribution in [2.24, 2.45) is 0 Å². The highest BCUT2D eigenvalue weighted by Gasteiger charge is 2.20. The average molecular weight is 256 g/mol. The van der Waals surface area contributed by atoms with Crippen LogP contribution in [0.2, 0.25) is 0 Å². The molecular weight excluding hydrogens is 244 g/mol. The monoisotopic (exact) mass is 256 g/mol. The van der Waals surface area contributed by atoms with Crippen LogP contribution in [0.5, 0.6) is 0 Å². The van der Waals surface area contributed by atoms with E-state index in [2.05, 4.69) is 4.18 Å². The summed E-state index contributed by atoms with van der Waals surface area (Å²) < 4.78 is 27.4. The van der Waals surface area contributed by atoms with Gasteiger partial charge in [0.2, 0.25) is 0 Å². The van der Waals surface area contributed by atoms with Gasteiger partial charge >= 0.3 is 16.1 Å². The summed E-state index contributed by atoms with van der Waals surface area (Å²) in [5, 5.41) is 0. The summed E-state index contributed by atoms with van der Waals surface area (Å²) in [6.07, 6.45) is -0.551. The van der Waals surface area contributed by atoms with Gasteiger partial charge in [0.05, 0.1) is 0 Å². The number of carbonyl (C=O) groups is 2. The fraction of sp³-hybridized carbons (Fsp3) is 0.273. The normalized spacial score (nSPS) is 10.9. The molecule has 0 unspecified atom stereocenters. The molecule has 1 aromatic rings. The standard InChI is InChI=1S/C11H12O5S/c1-8-3-5-10(6-4-8)17(14,15)16-11(13)7-9(2)12/h3-6H,7H2,1-2H3. The van der Waals surface area contributed by atoms with Crippen molar-refractivity contribution in [1.82, 2.24) is 0 Å². The molecule has 0 saturated heterocycles. The summed E-state index contributed by atoms with van der Waals surface area (Å²) in [4.78, 5) is 21.6. The van der Waals surface area contributed by atoms with Gasteiger partial charge in [0.25, 0.3) is 0 Å². The van der Waals surface area contributed by atoms with Gasteiger partial charge in [0, 0.05) is 0 Å². The molecule has 5 nitrogen and oxygen atoms in total. The van der Waals surface area contributed by atoms with Crippen molar-refractivity contribution in [1.29, 1.82) is 0 Å². The number of aryl methyl sites for hydroxylation is 1. The number of carbonyl (C=O) groups excluding carboxylic acids is 2. The van der Waals surface area contributed by atoms with Crippen LogP contribution >= 0.6 is 0 Å². The van der Waals surface area contributed by atoms with E-state index in [1.165, 1.54) is 19.1 Å². The lowest BCUT2D eigenvalue weighted by atomic mass is 10.2. The molecule has 0 N–H and O–H groups in total. The Morgan fingerprint density at radius 3 is 2.18 bits per heavy atom. The van der Waals surface area contributed by atoms with Crippen molar-refractivity contribution in [2.75, 3.05) is 0 Å². The Balaban J connectivity index is 2.86. The first-order chi connectivity index (χ1) is 7.81. The Morgan fingerprint density at radius 2 is 1.71 bits per heavy atom. The predicted octanol–water partition coefficient (Wildman–Crippen LogP) is 1.21. The van der Waals surface area contributed by atoms with Crippen molar-refractivity contribution in [3.05, 3.63) is 29.8 Å². The summed E-state index contributed by atoms with van der Waals surface area (Å²) in [5.74, 6) is -1.52. The number of Topliss-reactive ketones (excluding diaryl/α,β-unsaturated/α-hetero) is 1. The van der Waals surface area contributed by atoms with Crippen LogP contribution in [0.1, 0.15) is 18.9 Å². The zero-order chi connectivity index (χ0) is 13.1. The third kappa shape index (κ3) is 3.99. The fourth-order valence-corrected chi connectivity index (χ4v) is 1.98. The van der Waals surface area contributed by atoms with Gasteiger partial charge in [-0.1, -0.05) is 17.7 Å². The number of hydrogen-bond donors (Lipinski definition) is 0. The van der Waals surface area contributed by atoms with E-state index in [4.69, 9.17) is 0 Å². The molecule has 0 atom stereocenters. The lowest BCUT2D eigenvalue weighted by Gasteiger charge is -2.04. The topological polar surface area (TPSA) is 77.5 Å². The second kappa shape index (κ2) is 5.09. The summed E-state index contributed by atoms with van der Waals surface area (Å²) >= 11 is 0. The lowest BCUT2D eigenvalue weighted by molar-refractivity contribution is -0.136. The van der Waals surface area contributed by atoms with E-state index in [-0.39, 0.29) is 4.90 Å². The van der Waals surface area contributed by atoms with Crippen LogP contribution in [0.3, 0.4) is 0 Å². The summed E-state index contributed by atoms with van der Waals surface area (Å²) in [7, 11) is -4.12. The number of ketones is 1. The Hall–Kier alpha value is -1.69. The van der Waals surface area contributed by atoms with Crippen LogP contribution in [0, 0.1) is 6.92 Å². The highest BCUT2D eigenvalue weighted by atomic mass is 32.2. The van der Waals surface area contributed by atoms with Crippen LogP contribution < -0.4 is 0 Å². The van der Waals surface area contributed by atoms with Gasteiger partial charge in [0.15, 0.2) is 0 Å². The van der Waals surface area contributed by atoms with Crippen LogP contribution in [0.25, 0.3) is 0 Å². The first-order valence-electron chi connectivity index (χ1n) is 4.84. The molecule has 0 saturated carbocycles. The maximum atomic E-state index is 11.6. The molecule has 0 aliphatic heterocycles. The highest BCUT2D eigenvalue weighted by molar-refractivity contribution is 7.87. The van der Waals surface area contributed by atoms with E-state index in [0.29, 0.717) is 0 Å². The van der Waals surface area contributed by atoms with Gasteiger partial charge in [-0.3, -0.25) is 9.59 Å². The van der Waals surface area contributed by atoms with Crippen LogP contribution in [0.15, 0.2) is 29.2 Å². The summed E-state index contributed by atoms with van der Waals surface area (Å²) in [6, 6.07) is 5.86. The minimum absolute atomic E-state index is 0.111. The molecule has 6 heteroatoms. The Morgan fingerprint density at radius 1 is 1.18 bits per heavy atom. The molecule has 0 spiro atoms. The van der Waals surface area contributed by atoms with E-state index in [1.54, 1.807) is 19.1 Å². The number of rotatable bonds is 4. The Bertz CT molecular complexity index is 527. The fourth-order valence-electron chi connectivity index (χ4n) is 1.11. The molecule has 92 valence electrons. The van der Waals surface area contributed by atoms with Gasteiger partial charge in [0.1, 0.15) is 17.1 Å². The zero-order valence-corrected chi connectivity index (χ0v) is 10.3. The quantitative estimate of drug-likeness (QED) is 0.597. The summed E-state index contributed by atoms with van der Waals surface area (Å²) in [6.45, 7) is 2.98. The van der Waals surface area contributed by atoms with Gasteiger partial charge in [-0.25, -0.2) is 0 Å². The second-order valence-electron chi connectivity index (χ2n) is 3.60. The molecular formula is C11H12O5S. The highest BCUT2D eigenvalue weighted by Crippen LogP contribution is 2.13. The van der Waals surface area contributed by atoms with E-state index in [9.17, 15) is 18.0 Å². The third-order valence-corrected chi connectivity index (χ3v) is 3.16. The lowest BCUT2D eigenvalue weighted by Crippen LogP contribution is -2.15. The van der Waals surface area contributed by atoms with Gasteiger partial charge in [-0.05, 0) is 26.0 Å². The maximum Gasteiger partial charge on any atom is 0.341 e. The minimum atomic E-state index is -4.12. The van der Waals surface area contributed by atoms with Gasteiger partial charge in [-0.2, -0.15) is 8.42 Å². The number of hydrogen-bond acceptors (Lipinski definition) is 5. The molecule has 17 heavy (non-hydrogen) atoms. The van der Waals surface area contributed by atoms with E-state index >= 15 is 0 Å². The van der Waals surface area contributed by atoms with Crippen molar-refractivity contribution in [3.8, 4) is 0 Å². The second-order valence-corrected chi connectivity index (χ2v) is 5.15. The van der Waals surface area contributed by atoms with Crippen molar-refractivity contribution in [2.45, 2.75) is 25.2 Å². The molecule has 0 heterocycles. The predicted molar refractivity (Wildman–Crippen MR) is 59.8 cm³/mol. The molecule has 0 amide bonds. The van der Waals surface area contributed by atoms with E-state index < -0.39 is 28.3 Å². The zero-order valence-electron chi connectivity index (χ0n) is 9.47. The summed E-state index contributed by atoms with van der Waals surface area (Å²) in [5.41, 5.74) is 0.888. The van der Waals surface area contributed by atoms with Gasteiger partial charge < -0.3 is 4.18 Å². The Labute approximate surface area is 99.5 Å². The number of benzene rings is 1. The van der Waals surface area contributed by atoms with Crippen LogP contribution in [-0.4, -0.2) is 20.2 Å². The SMILES string of the molecule is CC(=O)CC(=O)OS(=O)(=O)c1ccc(C)cc1. The molecule has 0 bridgehead atoms. The molecule has 0 radical (unpaired) electrons. The molecule has 1 aromatic carbocycles. The van der Waals surface area contributed by atoms with Crippen LogP contribution in [0.4, 0.5) is 0 Å². The Kier molecular flexibility index (Phi) is 4.01. The molecule has 0 aromatic heterocycles. The van der Waals surface area contributed by atoms with Crippen molar-refractivity contribution < 1.29 is 22.2 Å². The maximum absolute atomic E-state index is 11.6. The van der Waals surface area contributed by atoms with Crippen molar-refractivity contribution in [3.63, 3.8) is 0 Å². The first-order valence-corrected chi connectivity index (χ1v) is 6.25. The van der Waals surface area contributed by atoms with E-state index in [1.807, 2.05) is 0 Å². The third-order valence-electron chi connectivity index (χ3n) is 1.91. The minimum Gasteiger partial charge on any atom is -0.342 e. The van der Waals surface area contributed by atoms with Crippen LogP contribution in [-0.2, 0) is 23.9 Å².